The third kappa shape index (κ3) is 10.5. The molecule has 192 valence electrons. The van der Waals surface area contributed by atoms with Crippen LogP contribution in [-0.4, -0.2) is 75.1 Å². The number of amides is 4. The Hall–Kier alpha value is -4.20. The first-order valence-electron chi connectivity index (χ1n) is 10.5. The molecule has 0 heterocycles. The van der Waals surface area contributed by atoms with Crippen molar-refractivity contribution in [1.82, 2.24) is 16.0 Å². The molecule has 0 fully saturated rings. The highest BCUT2D eigenvalue weighted by Crippen LogP contribution is 2.12. The van der Waals surface area contributed by atoms with Gasteiger partial charge in [-0.3, -0.25) is 24.0 Å². The van der Waals surface area contributed by atoms with Gasteiger partial charge in [0, 0.05) is 12.8 Å². The first-order valence-corrected chi connectivity index (χ1v) is 10.5. The van der Waals surface area contributed by atoms with Crippen molar-refractivity contribution in [2.75, 3.05) is 0 Å². The Morgan fingerprint density at radius 2 is 1.37 bits per heavy atom. The first-order chi connectivity index (χ1) is 16.3. The standard InChI is InChI=1S/C21H29N5O9/c1-10(22)18(31)24-13(6-7-16(23)28)19(32)25-14(8-11-2-4-12(27)5-3-11)20(33)26-15(21(34)35)9-17(29)30/h2-5,10,13-15,27H,6-9,22H2,1H3,(H2,23,28)(H,24,31)(H,25,32)(H,26,33)(H,29,30)(H,34,35). The predicted octanol–water partition coefficient (Wildman–Crippen LogP) is -2.44. The van der Waals surface area contributed by atoms with E-state index in [1.54, 1.807) is 0 Å². The second-order valence-corrected chi connectivity index (χ2v) is 7.78. The number of carbonyl (C=O) groups excluding carboxylic acids is 4. The molecule has 1 aromatic rings. The number of benzene rings is 1. The third-order valence-corrected chi connectivity index (χ3v) is 4.73. The Kier molecular flexibility index (Phi) is 11.1. The van der Waals surface area contributed by atoms with Gasteiger partial charge in [-0.1, -0.05) is 12.1 Å². The second-order valence-electron chi connectivity index (χ2n) is 7.78. The molecule has 0 saturated carbocycles. The molecule has 4 amide bonds. The van der Waals surface area contributed by atoms with Gasteiger partial charge in [0.05, 0.1) is 12.5 Å². The molecule has 1 rings (SSSR count). The Morgan fingerprint density at radius 3 is 1.86 bits per heavy atom. The van der Waals surface area contributed by atoms with Crippen LogP contribution in [0.15, 0.2) is 24.3 Å². The number of nitrogens with two attached hydrogens (primary N) is 2. The smallest absolute Gasteiger partial charge is 0.326 e. The average Bonchev–Trinajstić information content (AvgIpc) is 2.76. The summed E-state index contributed by atoms with van der Waals surface area (Å²) in [4.78, 5) is 71.3. The van der Waals surface area contributed by atoms with Gasteiger partial charge in [-0.2, -0.15) is 0 Å². The zero-order valence-corrected chi connectivity index (χ0v) is 18.9. The fourth-order valence-electron chi connectivity index (χ4n) is 2.85. The number of aliphatic carboxylic acids is 2. The molecule has 14 nitrogen and oxygen atoms in total. The lowest BCUT2D eigenvalue weighted by atomic mass is 10.0. The van der Waals surface area contributed by atoms with Crippen LogP contribution in [0.25, 0.3) is 0 Å². The Morgan fingerprint density at radius 1 is 0.857 bits per heavy atom. The monoisotopic (exact) mass is 495 g/mol. The van der Waals surface area contributed by atoms with Crippen LogP contribution in [0.4, 0.5) is 0 Å². The molecule has 0 aromatic heterocycles. The summed E-state index contributed by atoms with van der Waals surface area (Å²) in [6, 6.07) is 0.0950. The number of hydrogen-bond acceptors (Lipinski definition) is 8. The molecule has 0 radical (unpaired) electrons. The molecule has 4 atom stereocenters. The molecule has 0 bridgehead atoms. The molecule has 0 aliphatic carbocycles. The van der Waals surface area contributed by atoms with E-state index in [1.807, 2.05) is 0 Å². The Bertz CT molecular complexity index is 949. The van der Waals surface area contributed by atoms with E-state index in [2.05, 4.69) is 16.0 Å². The second kappa shape index (κ2) is 13.5. The van der Waals surface area contributed by atoms with Gasteiger partial charge in [0.1, 0.15) is 23.9 Å². The number of primary amides is 1. The van der Waals surface area contributed by atoms with Gasteiger partial charge in [-0.15, -0.1) is 0 Å². The van der Waals surface area contributed by atoms with E-state index < -0.39 is 66.2 Å². The molecule has 10 N–H and O–H groups in total. The third-order valence-electron chi connectivity index (χ3n) is 4.73. The highest BCUT2D eigenvalue weighted by molar-refractivity contribution is 5.95. The van der Waals surface area contributed by atoms with Crippen LogP contribution >= 0.6 is 0 Å². The zero-order chi connectivity index (χ0) is 26.7. The highest BCUT2D eigenvalue weighted by Gasteiger charge is 2.31. The van der Waals surface area contributed by atoms with Gasteiger partial charge < -0.3 is 42.7 Å². The SMILES string of the molecule is CC(N)C(=O)NC(CCC(N)=O)C(=O)NC(Cc1ccc(O)cc1)C(=O)NC(CC(=O)O)C(=O)O. The molecular weight excluding hydrogens is 466 g/mol. The average molecular weight is 495 g/mol. The first kappa shape index (κ1) is 28.8. The number of rotatable bonds is 14. The largest absolute Gasteiger partial charge is 0.508 e. The number of phenols is 1. The summed E-state index contributed by atoms with van der Waals surface area (Å²) in [5, 5.41) is 34.4. The van der Waals surface area contributed by atoms with Gasteiger partial charge in [0.25, 0.3) is 0 Å². The minimum atomic E-state index is -1.78. The lowest BCUT2D eigenvalue weighted by Crippen LogP contribution is -2.57. The number of nitrogens with one attached hydrogen (secondary N) is 3. The summed E-state index contributed by atoms with van der Waals surface area (Å²) < 4.78 is 0. The molecule has 0 aliphatic rings. The van der Waals surface area contributed by atoms with Crippen LogP contribution in [0.2, 0.25) is 0 Å². The van der Waals surface area contributed by atoms with Crippen LogP contribution in [0.5, 0.6) is 5.75 Å². The molecule has 1 aromatic carbocycles. The van der Waals surface area contributed by atoms with Crippen molar-refractivity contribution < 1.29 is 44.1 Å². The van der Waals surface area contributed by atoms with Gasteiger partial charge in [0.15, 0.2) is 0 Å². The summed E-state index contributed by atoms with van der Waals surface area (Å²) in [5.41, 5.74) is 11.1. The van der Waals surface area contributed by atoms with Crippen molar-refractivity contribution in [2.24, 2.45) is 11.5 Å². The van der Waals surface area contributed by atoms with E-state index in [0.29, 0.717) is 5.56 Å². The number of hydrogen-bond donors (Lipinski definition) is 8. The fourth-order valence-corrected chi connectivity index (χ4v) is 2.85. The Balaban J connectivity index is 3.17. The van der Waals surface area contributed by atoms with Gasteiger partial charge in [-0.25, -0.2) is 4.79 Å². The molecule has 0 aliphatic heterocycles. The summed E-state index contributed by atoms with van der Waals surface area (Å²) in [6.07, 6.45) is -1.57. The molecule has 35 heavy (non-hydrogen) atoms. The van der Waals surface area contributed by atoms with Gasteiger partial charge in [-0.05, 0) is 31.0 Å². The summed E-state index contributed by atoms with van der Waals surface area (Å²) in [6.45, 7) is 1.37. The minimum absolute atomic E-state index is 0.0590. The number of carboxylic acids is 2. The maximum Gasteiger partial charge on any atom is 0.326 e. The van der Waals surface area contributed by atoms with Crippen molar-refractivity contribution in [3.05, 3.63) is 29.8 Å². The number of carboxylic acid groups (broad SMARTS) is 2. The van der Waals surface area contributed by atoms with Crippen LogP contribution in [-0.2, 0) is 35.2 Å². The molecular formula is C21H29N5O9. The predicted molar refractivity (Wildman–Crippen MR) is 120 cm³/mol. The van der Waals surface area contributed by atoms with Crippen molar-refractivity contribution in [3.8, 4) is 5.75 Å². The summed E-state index contributed by atoms with van der Waals surface area (Å²) >= 11 is 0. The number of phenolic OH excluding ortho intramolecular Hbond substituents is 1. The van der Waals surface area contributed by atoms with Crippen LogP contribution < -0.4 is 27.4 Å². The van der Waals surface area contributed by atoms with E-state index in [1.165, 1.54) is 31.2 Å². The lowest BCUT2D eigenvalue weighted by molar-refractivity contribution is -0.147. The van der Waals surface area contributed by atoms with E-state index in [9.17, 15) is 39.0 Å². The van der Waals surface area contributed by atoms with Gasteiger partial charge in [0.2, 0.25) is 23.6 Å². The lowest BCUT2D eigenvalue weighted by Gasteiger charge is -2.24. The topological polar surface area (TPSA) is 251 Å². The van der Waals surface area contributed by atoms with Crippen molar-refractivity contribution in [3.63, 3.8) is 0 Å². The molecule has 14 heteroatoms. The highest BCUT2D eigenvalue weighted by atomic mass is 16.4. The molecule has 4 unspecified atom stereocenters. The maximum absolute atomic E-state index is 12.9. The zero-order valence-electron chi connectivity index (χ0n) is 18.9. The summed E-state index contributed by atoms with van der Waals surface area (Å²) in [7, 11) is 0. The Labute approximate surface area is 200 Å². The fraction of sp³-hybridized carbons (Fsp3) is 0.429. The number of carbonyl (C=O) groups is 6. The van der Waals surface area contributed by atoms with Crippen molar-refractivity contribution in [1.29, 1.82) is 0 Å². The normalized spacial score (nSPS) is 14.0. The number of aromatic hydroxyl groups is 1. The van der Waals surface area contributed by atoms with E-state index in [0.717, 1.165) is 0 Å². The quantitative estimate of drug-likeness (QED) is 0.135. The van der Waals surface area contributed by atoms with Crippen LogP contribution in [0, 0.1) is 0 Å². The van der Waals surface area contributed by atoms with Gasteiger partial charge >= 0.3 is 11.9 Å². The molecule has 0 saturated heterocycles. The van der Waals surface area contributed by atoms with E-state index >= 15 is 0 Å². The summed E-state index contributed by atoms with van der Waals surface area (Å²) in [5.74, 6) is -6.47. The van der Waals surface area contributed by atoms with E-state index in [4.69, 9.17) is 16.6 Å². The van der Waals surface area contributed by atoms with Crippen molar-refractivity contribution in [2.45, 2.75) is 56.8 Å². The molecule has 0 spiro atoms. The minimum Gasteiger partial charge on any atom is -0.508 e. The van der Waals surface area contributed by atoms with Crippen LogP contribution in [0.3, 0.4) is 0 Å². The van der Waals surface area contributed by atoms with Crippen LogP contribution in [0.1, 0.15) is 31.7 Å². The maximum atomic E-state index is 12.9. The van der Waals surface area contributed by atoms with E-state index in [-0.39, 0.29) is 25.0 Å². The van der Waals surface area contributed by atoms with Crippen molar-refractivity contribution >= 4 is 35.6 Å².